The van der Waals surface area contributed by atoms with Crippen molar-refractivity contribution in [2.75, 3.05) is 0 Å². The second-order valence-electron chi connectivity index (χ2n) is 6.42. The van der Waals surface area contributed by atoms with Crippen molar-refractivity contribution in [3.8, 4) is 5.75 Å². The molecule has 0 aromatic heterocycles. The zero-order chi connectivity index (χ0) is 18.6. The van der Waals surface area contributed by atoms with E-state index >= 15 is 0 Å². The molecular formula is C17H21F4NO3. The molecule has 8 heteroatoms. The highest BCUT2D eigenvalue weighted by molar-refractivity contribution is 5.73. The summed E-state index contributed by atoms with van der Waals surface area (Å²) in [5, 5.41) is 10.8. The van der Waals surface area contributed by atoms with Crippen molar-refractivity contribution in [1.82, 2.24) is 5.32 Å². The van der Waals surface area contributed by atoms with Crippen LogP contribution in [0.4, 0.5) is 17.6 Å². The third-order valence-electron chi connectivity index (χ3n) is 4.36. The minimum atomic E-state index is -5.08. The molecule has 0 radical (unpaired) electrons. The first-order valence-electron chi connectivity index (χ1n) is 8.14. The van der Waals surface area contributed by atoms with E-state index in [0.717, 1.165) is 12.8 Å². The quantitative estimate of drug-likeness (QED) is 0.785. The number of rotatable bonds is 2. The first-order chi connectivity index (χ1) is 11.6. The predicted molar refractivity (Wildman–Crippen MR) is 83.0 cm³/mol. The lowest BCUT2D eigenvalue weighted by atomic mass is 9.85. The van der Waals surface area contributed by atoms with Crippen molar-refractivity contribution in [3.63, 3.8) is 0 Å². The molecule has 0 saturated carbocycles. The summed E-state index contributed by atoms with van der Waals surface area (Å²) in [6, 6.07) is 6.35. The van der Waals surface area contributed by atoms with E-state index in [1.807, 2.05) is 6.07 Å². The number of carbonyl (C=O) groups is 1. The summed E-state index contributed by atoms with van der Waals surface area (Å²) in [6.45, 7) is 1.77. The number of aliphatic carboxylic acids is 1. The fourth-order valence-electron chi connectivity index (χ4n) is 3.15. The van der Waals surface area contributed by atoms with E-state index in [9.17, 15) is 17.6 Å². The second kappa shape index (κ2) is 8.03. The van der Waals surface area contributed by atoms with Crippen molar-refractivity contribution >= 4 is 5.97 Å². The lowest BCUT2D eigenvalue weighted by Crippen LogP contribution is -2.51. The smallest absolute Gasteiger partial charge is 0.490 e. The van der Waals surface area contributed by atoms with E-state index in [0.29, 0.717) is 23.4 Å². The Kier molecular flexibility index (Phi) is 6.26. The third kappa shape index (κ3) is 5.88. The van der Waals surface area contributed by atoms with Crippen LogP contribution in [0, 0.1) is 12.7 Å². The molecule has 0 amide bonds. The molecule has 2 bridgehead atoms. The van der Waals surface area contributed by atoms with Crippen LogP contribution in [0.5, 0.6) is 5.75 Å². The molecule has 0 spiro atoms. The number of piperidine rings is 2. The number of carboxylic acids is 1. The molecule has 0 aliphatic carbocycles. The number of nitrogens with one attached hydrogen (secondary N) is 1. The highest BCUT2D eigenvalue weighted by atomic mass is 19.4. The largest absolute Gasteiger partial charge is 0.490 e. The molecule has 25 heavy (non-hydrogen) atoms. The van der Waals surface area contributed by atoms with Crippen molar-refractivity contribution in [2.45, 2.75) is 63.4 Å². The van der Waals surface area contributed by atoms with Gasteiger partial charge < -0.3 is 15.2 Å². The predicted octanol–water partition coefficient (Wildman–Crippen LogP) is 3.82. The molecule has 1 aromatic carbocycles. The van der Waals surface area contributed by atoms with E-state index in [4.69, 9.17) is 14.6 Å². The third-order valence-corrected chi connectivity index (χ3v) is 4.36. The summed E-state index contributed by atoms with van der Waals surface area (Å²) < 4.78 is 51.2. The lowest BCUT2D eigenvalue weighted by Gasteiger charge is -2.40. The molecule has 2 aliphatic rings. The van der Waals surface area contributed by atoms with Crippen LogP contribution < -0.4 is 10.1 Å². The van der Waals surface area contributed by atoms with E-state index in [1.54, 1.807) is 13.0 Å². The van der Waals surface area contributed by atoms with E-state index < -0.39 is 12.1 Å². The number of benzene rings is 1. The molecule has 2 N–H and O–H groups in total. The summed E-state index contributed by atoms with van der Waals surface area (Å²) in [5.41, 5.74) is 0.671. The Morgan fingerprint density at radius 3 is 2.28 bits per heavy atom. The van der Waals surface area contributed by atoms with Crippen molar-refractivity contribution in [1.29, 1.82) is 0 Å². The van der Waals surface area contributed by atoms with Gasteiger partial charge in [0.2, 0.25) is 0 Å². The molecule has 2 unspecified atom stereocenters. The second-order valence-corrected chi connectivity index (χ2v) is 6.42. The van der Waals surface area contributed by atoms with Gasteiger partial charge in [0.25, 0.3) is 0 Å². The summed E-state index contributed by atoms with van der Waals surface area (Å²) in [4.78, 5) is 8.90. The molecule has 1 aromatic rings. The van der Waals surface area contributed by atoms with Crippen LogP contribution in [0.25, 0.3) is 0 Å². The summed E-state index contributed by atoms with van der Waals surface area (Å²) in [6.07, 6.45) is 1.08. The fourth-order valence-corrected chi connectivity index (χ4v) is 3.15. The van der Waals surface area contributed by atoms with Crippen molar-refractivity contribution in [3.05, 3.63) is 29.6 Å². The zero-order valence-corrected chi connectivity index (χ0v) is 13.8. The molecule has 2 atom stereocenters. The molecule has 2 heterocycles. The number of ether oxygens (including phenoxy) is 1. The Morgan fingerprint density at radius 2 is 1.80 bits per heavy atom. The Hall–Kier alpha value is -1.83. The van der Waals surface area contributed by atoms with E-state index in [-0.39, 0.29) is 11.9 Å². The fraction of sp³-hybridized carbons (Fsp3) is 0.588. The Balaban J connectivity index is 0.000000277. The van der Waals surface area contributed by atoms with Crippen molar-refractivity contribution in [2.24, 2.45) is 0 Å². The standard InChI is InChI=1S/C15H20FNO.C2HF3O2/c1-10-5-6-13(9-15(10)16)18-14-7-11-3-2-4-12(8-14)17-11;3-2(4,5)1(6)7/h5-6,9,11-12,14,17H,2-4,7-8H2,1H3;(H,6,7). The molecule has 2 saturated heterocycles. The number of fused-ring (bicyclic) bond motifs is 2. The number of aryl methyl sites for hydroxylation is 1. The van der Waals surface area contributed by atoms with E-state index in [1.165, 1.54) is 25.3 Å². The van der Waals surface area contributed by atoms with Gasteiger partial charge in [0.1, 0.15) is 17.7 Å². The maximum absolute atomic E-state index is 13.5. The van der Waals surface area contributed by atoms with Gasteiger partial charge in [0.15, 0.2) is 0 Å². The first-order valence-corrected chi connectivity index (χ1v) is 8.14. The van der Waals surface area contributed by atoms with Gasteiger partial charge in [0.05, 0.1) is 0 Å². The van der Waals surface area contributed by atoms with Gasteiger partial charge in [0, 0.05) is 18.2 Å². The van der Waals surface area contributed by atoms with E-state index in [2.05, 4.69) is 5.32 Å². The Labute approximate surface area is 143 Å². The summed E-state index contributed by atoms with van der Waals surface area (Å²) >= 11 is 0. The SMILES string of the molecule is Cc1ccc(OC2CC3CCCC(C2)N3)cc1F.O=C(O)C(F)(F)F. The van der Waals surface area contributed by atoms with Crippen LogP contribution in [0.15, 0.2) is 18.2 Å². The number of alkyl halides is 3. The Bertz CT molecular complexity index is 594. The molecule has 2 aliphatic heterocycles. The zero-order valence-electron chi connectivity index (χ0n) is 13.8. The van der Waals surface area contributed by atoms with Crippen molar-refractivity contribution < 1.29 is 32.2 Å². The number of halogens is 4. The molecule has 2 fully saturated rings. The van der Waals surface area contributed by atoms with Crippen LogP contribution >= 0.6 is 0 Å². The number of hydrogen-bond acceptors (Lipinski definition) is 3. The monoisotopic (exact) mass is 363 g/mol. The molecular weight excluding hydrogens is 342 g/mol. The van der Waals surface area contributed by atoms with Gasteiger partial charge in [-0.25, -0.2) is 9.18 Å². The lowest BCUT2D eigenvalue weighted by molar-refractivity contribution is -0.192. The minimum absolute atomic E-state index is 0.179. The number of carboxylic acid groups (broad SMARTS) is 1. The maximum Gasteiger partial charge on any atom is 0.490 e. The van der Waals surface area contributed by atoms with Crippen LogP contribution in [-0.2, 0) is 4.79 Å². The van der Waals surface area contributed by atoms with Crippen LogP contribution in [0.2, 0.25) is 0 Å². The van der Waals surface area contributed by atoms with Gasteiger partial charge in [-0.2, -0.15) is 13.2 Å². The van der Waals surface area contributed by atoms with Gasteiger partial charge in [-0.3, -0.25) is 0 Å². The van der Waals surface area contributed by atoms with Gasteiger partial charge in [-0.05, 0) is 44.2 Å². The topological polar surface area (TPSA) is 58.6 Å². The molecule has 4 nitrogen and oxygen atoms in total. The van der Waals surface area contributed by atoms with Crippen LogP contribution in [0.3, 0.4) is 0 Å². The Morgan fingerprint density at radius 1 is 1.24 bits per heavy atom. The first kappa shape index (κ1) is 19.5. The molecule has 140 valence electrons. The maximum atomic E-state index is 13.5. The van der Waals surface area contributed by atoms with Gasteiger partial charge in [-0.1, -0.05) is 12.5 Å². The van der Waals surface area contributed by atoms with Gasteiger partial charge in [-0.15, -0.1) is 0 Å². The highest BCUT2D eigenvalue weighted by Crippen LogP contribution is 2.29. The number of hydrogen-bond donors (Lipinski definition) is 2. The molecule has 3 rings (SSSR count). The average molecular weight is 363 g/mol. The summed E-state index contributed by atoms with van der Waals surface area (Å²) in [7, 11) is 0. The normalized spacial score (nSPS) is 25.6. The van der Waals surface area contributed by atoms with Crippen LogP contribution in [-0.4, -0.2) is 35.4 Å². The van der Waals surface area contributed by atoms with Gasteiger partial charge >= 0.3 is 12.1 Å². The van der Waals surface area contributed by atoms with Crippen LogP contribution in [0.1, 0.15) is 37.7 Å². The average Bonchev–Trinajstić information content (AvgIpc) is 2.50. The summed E-state index contributed by atoms with van der Waals surface area (Å²) in [5.74, 6) is -2.27. The minimum Gasteiger partial charge on any atom is -0.490 e. The highest BCUT2D eigenvalue weighted by Gasteiger charge is 2.38.